The highest BCUT2D eigenvalue weighted by Gasteiger charge is 2.22. The van der Waals surface area contributed by atoms with Crippen molar-refractivity contribution in [3.05, 3.63) is 34.9 Å². The largest absolute Gasteiger partial charge is 0.481 e. The SMILES string of the molecule is CC(C)(CC(=O)O)Cc1ccc2c(c1)CCCC2. The van der Waals surface area contributed by atoms with Crippen LogP contribution in [0.15, 0.2) is 18.2 Å². The molecular formula is C16H22O2. The van der Waals surface area contributed by atoms with Gasteiger partial charge < -0.3 is 5.11 Å². The summed E-state index contributed by atoms with van der Waals surface area (Å²) in [6.07, 6.45) is 6.04. The van der Waals surface area contributed by atoms with Gasteiger partial charge in [-0.15, -0.1) is 0 Å². The summed E-state index contributed by atoms with van der Waals surface area (Å²) in [4.78, 5) is 10.8. The smallest absolute Gasteiger partial charge is 0.303 e. The number of carboxylic acid groups (broad SMARTS) is 1. The molecule has 1 aliphatic carbocycles. The molecule has 0 radical (unpaired) electrons. The Labute approximate surface area is 109 Å². The van der Waals surface area contributed by atoms with E-state index in [1.54, 1.807) is 0 Å². The zero-order chi connectivity index (χ0) is 13.2. The van der Waals surface area contributed by atoms with Crippen molar-refractivity contribution in [1.29, 1.82) is 0 Å². The van der Waals surface area contributed by atoms with Gasteiger partial charge in [-0.3, -0.25) is 4.79 Å². The van der Waals surface area contributed by atoms with E-state index in [1.165, 1.54) is 42.4 Å². The van der Waals surface area contributed by atoms with Gasteiger partial charge in [0, 0.05) is 0 Å². The average Bonchev–Trinajstić information content (AvgIpc) is 2.26. The second-order valence-electron chi connectivity index (χ2n) is 6.22. The Morgan fingerprint density at radius 2 is 1.89 bits per heavy atom. The van der Waals surface area contributed by atoms with Gasteiger partial charge in [0.25, 0.3) is 0 Å². The predicted molar refractivity (Wildman–Crippen MR) is 72.8 cm³/mol. The van der Waals surface area contributed by atoms with E-state index >= 15 is 0 Å². The number of rotatable bonds is 4. The monoisotopic (exact) mass is 246 g/mol. The summed E-state index contributed by atoms with van der Waals surface area (Å²) in [5.74, 6) is -0.710. The van der Waals surface area contributed by atoms with Gasteiger partial charge in [0.15, 0.2) is 0 Å². The minimum absolute atomic E-state index is 0.172. The summed E-state index contributed by atoms with van der Waals surface area (Å²) in [7, 11) is 0. The first-order chi connectivity index (χ1) is 8.46. The minimum Gasteiger partial charge on any atom is -0.481 e. The quantitative estimate of drug-likeness (QED) is 0.881. The van der Waals surface area contributed by atoms with Crippen molar-refractivity contribution in [3.8, 4) is 0 Å². The van der Waals surface area contributed by atoms with Crippen molar-refractivity contribution in [1.82, 2.24) is 0 Å². The molecule has 98 valence electrons. The van der Waals surface area contributed by atoms with Gasteiger partial charge in [0.2, 0.25) is 0 Å². The van der Waals surface area contributed by atoms with Gasteiger partial charge in [-0.25, -0.2) is 0 Å². The normalized spacial score (nSPS) is 15.2. The van der Waals surface area contributed by atoms with Gasteiger partial charge in [-0.2, -0.15) is 0 Å². The zero-order valence-corrected chi connectivity index (χ0v) is 11.3. The molecule has 2 heteroatoms. The first kappa shape index (κ1) is 13.1. The van der Waals surface area contributed by atoms with Crippen molar-refractivity contribution >= 4 is 5.97 Å². The van der Waals surface area contributed by atoms with Crippen molar-refractivity contribution in [2.24, 2.45) is 5.41 Å². The van der Waals surface area contributed by atoms with Crippen molar-refractivity contribution in [2.75, 3.05) is 0 Å². The van der Waals surface area contributed by atoms with E-state index < -0.39 is 5.97 Å². The Morgan fingerprint density at radius 3 is 2.56 bits per heavy atom. The second kappa shape index (κ2) is 5.13. The van der Waals surface area contributed by atoms with Crippen LogP contribution >= 0.6 is 0 Å². The fraction of sp³-hybridized carbons (Fsp3) is 0.562. The fourth-order valence-corrected chi connectivity index (χ4v) is 2.92. The first-order valence-corrected chi connectivity index (χ1v) is 6.79. The van der Waals surface area contributed by atoms with Gasteiger partial charge >= 0.3 is 5.97 Å². The van der Waals surface area contributed by atoms with E-state index in [0.717, 1.165) is 6.42 Å². The number of fused-ring (bicyclic) bond motifs is 1. The van der Waals surface area contributed by atoms with Crippen LogP contribution < -0.4 is 0 Å². The predicted octanol–water partition coefficient (Wildman–Crippen LogP) is 3.61. The molecule has 0 unspecified atom stereocenters. The van der Waals surface area contributed by atoms with Gasteiger partial charge in [-0.05, 0) is 54.2 Å². The molecule has 0 aliphatic heterocycles. The molecule has 0 saturated heterocycles. The molecule has 0 aromatic heterocycles. The van der Waals surface area contributed by atoms with Gasteiger partial charge in [0.05, 0.1) is 6.42 Å². The molecule has 1 aromatic rings. The summed E-state index contributed by atoms with van der Waals surface area (Å²) in [6, 6.07) is 6.70. The van der Waals surface area contributed by atoms with Crippen LogP contribution in [0.2, 0.25) is 0 Å². The van der Waals surface area contributed by atoms with Crippen LogP contribution in [0, 0.1) is 5.41 Å². The third kappa shape index (κ3) is 3.34. The highest BCUT2D eigenvalue weighted by molar-refractivity contribution is 5.67. The lowest BCUT2D eigenvalue weighted by atomic mass is 9.81. The number of hydrogen-bond donors (Lipinski definition) is 1. The van der Waals surface area contributed by atoms with Crippen LogP contribution in [0.1, 0.15) is 49.8 Å². The number of aliphatic carboxylic acids is 1. The number of aryl methyl sites for hydroxylation is 2. The lowest BCUT2D eigenvalue weighted by Crippen LogP contribution is -2.20. The van der Waals surface area contributed by atoms with Gasteiger partial charge in [0.1, 0.15) is 0 Å². The third-order valence-corrected chi connectivity index (χ3v) is 3.73. The van der Waals surface area contributed by atoms with Crippen molar-refractivity contribution < 1.29 is 9.90 Å². The molecule has 2 rings (SSSR count). The fourth-order valence-electron chi connectivity index (χ4n) is 2.92. The number of carbonyl (C=O) groups is 1. The Morgan fingerprint density at radius 1 is 1.22 bits per heavy atom. The molecule has 0 atom stereocenters. The molecule has 1 N–H and O–H groups in total. The molecule has 0 heterocycles. The average molecular weight is 246 g/mol. The van der Waals surface area contributed by atoms with Gasteiger partial charge in [-0.1, -0.05) is 32.0 Å². The molecular weight excluding hydrogens is 224 g/mol. The Kier molecular flexibility index (Phi) is 3.74. The maximum Gasteiger partial charge on any atom is 0.303 e. The lowest BCUT2D eigenvalue weighted by Gasteiger charge is -2.24. The van der Waals surface area contributed by atoms with Crippen LogP contribution in [0.4, 0.5) is 0 Å². The molecule has 18 heavy (non-hydrogen) atoms. The summed E-state index contributed by atoms with van der Waals surface area (Å²) in [5, 5.41) is 8.92. The van der Waals surface area contributed by atoms with E-state index in [0.29, 0.717) is 0 Å². The van der Waals surface area contributed by atoms with E-state index in [-0.39, 0.29) is 11.8 Å². The van der Waals surface area contributed by atoms with Crippen LogP contribution in [-0.4, -0.2) is 11.1 Å². The maximum atomic E-state index is 10.8. The summed E-state index contributed by atoms with van der Waals surface area (Å²) in [5.41, 5.74) is 4.07. The molecule has 0 saturated carbocycles. The molecule has 0 bridgehead atoms. The van der Waals surface area contributed by atoms with Crippen LogP contribution in [0.5, 0.6) is 0 Å². The second-order valence-corrected chi connectivity index (χ2v) is 6.22. The molecule has 0 amide bonds. The van der Waals surface area contributed by atoms with Crippen molar-refractivity contribution in [3.63, 3.8) is 0 Å². The minimum atomic E-state index is -0.710. The molecule has 0 spiro atoms. The molecule has 2 nitrogen and oxygen atoms in total. The lowest BCUT2D eigenvalue weighted by molar-refractivity contribution is -0.139. The van der Waals surface area contributed by atoms with Crippen LogP contribution in [-0.2, 0) is 24.1 Å². The standard InChI is InChI=1S/C16H22O2/c1-16(2,11-15(17)18)10-12-7-8-13-5-3-4-6-14(13)9-12/h7-9H,3-6,10-11H2,1-2H3,(H,17,18). The molecule has 0 fully saturated rings. The van der Waals surface area contributed by atoms with Crippen LogP contribution in [0.25, 0.3) is 0 Å². The maximum absolute atomic E-state index is 10.8. The Hall–Kier alpha value is -1.31. The highest BCUT2D eigenvalue weighted by atomic mass is 16.4. The van der Waals surface area contributed by atoms with E-state index in [9.17, 15) is 4.79 Å². The Bertz CT molecular complexity index is 446. The van der Waals surface area contributed by atoms with Crippen LogP contribution in [0.3, 0.4) is 0 Å². The molecule has 1 aliphatic rings. The third-order valence-electron chi connectivity index (χ3n) is 3.73. The van der Waals surface area contributed by atoms with E-state index in [2.05, 4.69) is 18.2 Å². The Balaban J connectivity index is 2.12. The highest BCUT2D eigenvalue weighted by Crippen LogP contribution is 2.28. The summed E-state index contributed by atoms with van der Waals surface area (Å²) in [6.45, 7) is 4.06. The zero-order valence-electron chi connectivity index (χ0n) is 11.3. The molecule has 1 aromatic carbocycles. The first-order valence-electron chi connectivity index (χ1n) is 6.79. The topological polar surface area (TPSA) is 37.3 Å². The number of benzene rings is 1. The number of carboxylic acids is 1. The van der Waals surface area contributed by atoms with Crippen molar-refractivity contribution in [2.45, 2.75) is 52.4 Å². The van der Waals surface area contributed by atoms with E-state index in [1.807, 2.05) is 13.8 Å². The summed E-state index contributed by atoms with van der Waals surface area (Å²) >= 11 is 0. The summed E-state index contributed by atoms with van der Waals surface area (Å²) < 4.78 is 0. The van der Waals surface area contributed by atoms with E-state index in [4.69, 9.17) is 5.11 Å². The number of hydrogen-bond acceptors (Lipinski definition) is 1.